The Morgan fingerprint density at radius 1 is 0.383 bits per heavy atom. The van der Waals surface area contributed by atoms with Gasteiger partial charge in [0.1, 0.15) is 5.58 Å². The fourth-order valence-electron chi connectivity index (χ4n) is 11.3. The fraction of sp³-hybridized carbons (Fsp3) is 0.0690. The highest BCUT2D eigenvalue weighted by Crippen LogP contribution is 2.66. The minimum Gasteiger partial charge on any atom is -0.454 e. The summed E-state index contributed by atoms with van der Waals surface area (Å²) in [6.07, 6.45) is 0. The van der Waals surface area contributed by atoms with Crippen LogP contribution in [0.2, 0.25) is 0 Å². The minimum atomic E-state index is -0.523. The number of nitrogens with zero attached hydrogens (tertiary/aromatic N) is 1. The summed E-state index contributed by atoms with van der Waals surface area (Å²) in [4.78, 5) is 2.50. The van der Waals surface area contributed by atoms with Crippen molar-refractivity contribution < 1.29 is 4.42 Å². The van der Waals surface area contributed by atoms with Crippen molar-refractivity contribution in [3.63, 3.8) is 0 Å². The van der Waals surface area contributed by atoms with Gasteiger partial charge in [0, 0.05) is 33.1 Å². The predicted octanol–water partition coefficient (Wildman–Crippen LogP) is 15.4. The van der Waals surface area contributed by atoms with E-state index >= 15 is 0 Å². The lowest BCUT2D eigenvalue weighted by Gasteiger charge is -2.32. The zero-order valence-corrected chi connectivity index (χ0v) is 33.4. The predicted molar refractivity (Wildman–Crippen MR) is 248 cm³/mol. The first kappa shape index (κ1) is 33.5. The third-order valence-electron chi connectivity index (χ3n) is 13.9. The molecule has 0 N–H and O–H groups in total. The van der Waals surface area contributed by atoms with E-state index in [1.807, 2.05) is 0 Å². The maximum atomic E-state index is 7.17. The Balaban J connectivity index is 1.18. The topological polar surface area (TPSA) is 16.4 Å². The second-order valence-electron chi connectivity index (χ2n) is 17.2. The van der Waals surface area contributed by atoms with Crippen molar-refractivity contribution >= 4 is 39.0 Å². The molecule has 1 aromatic heterocycles. The van der Waals surface area contributed by atoms with Crippen molar-refractivity contribution in [1.29, 1.82) is 0 Å². The summed E-state index contributed by atoms with van der Waals surface area (Å²) >= 11 is 0. The van der Waals surface area contributed by atoms with E-state index in [2.05, 4.69) is 219 Å². The fourth-order valence-corrected chi connectivity index (χ4v) is 11.3. The molecule has 0 bridgehead atoms. The molecule has 282 valence electrons. The monoisotopic (exact) mass is 765 g/mol. The van der Waals surface area contributed by atoms with Crippen LogP contribution in [0.3, 0.4) is 0 Å². The molecule has 13 rings (SSSR count). The van der Waals surface area contributed by atoms with Gasteiger partial charge in [-0.2, -0.15) is 0 Å². The molecule has 2 heteroatoms. The lowest BCUT2D eigenvalue weighted by molar-refractivity contribution is 0.660. The molecule has 60 heavy (non-hydrogen) atoms. The summed E-state index contributed by atoms with van der Waals surface area (Å²) in [5, 5.41) is 2.24. The molecule has 0 aliphatic heterocycles. The Hall–Kier alpha value is -7.42. The van der Waals surface area contributed by atoms with Gasteiger partial charge in [-0.05, 0) is 109 Å². The average molecular weight is 766 g/mol. The third-order valence-corrected chi connectivity index (χ3v) is 13.9. The highest BCUT2D eigenvalue weighted by atomic mass is 16.3. The first-order valence-corrected chi connectivity index (χ1v) is 21.0. The van der Waals surface area contributed by atoms with Gasteiger partial charge >= 0.3 is 0 Å². The van der Waals surface area contributed by atoms with Crippen LogP contribution in [-0.2, 0) is 10.8 Å². The molecule has 2 nitrogen and oxygen atoms in total. The number of rotatable bonds is 4. The lowest BCUT2D eigenvalue weighted by atomic mass is 9.70. The van der Waals surface area contributed by atoms with Gasteiger partial charge in [-0.3, -0.25) is 0 Å². The number of benzene rings is 9. The highest BCUT2D eigenvalue weighted by molar-refractivity contribution is 6.17. The van der Waals surface area contributed by atoms with Gasteiger partial charge in [-0.25, -0.2) is 0 Å². The molecule has 10 aromatic rings. The van der Waals surface area contributed by atoms with Crippen molar-refractivity contribution in [2.45, 2.75) is 24.7 Å². The molecule has 0 saturated heterocycles. The zero-order valence-electron chi connectivity index (χ0n) is 33.4. The van der Waals surface area contributed by atoms with Gasteiger partial charge in [-0.15, -0.1) is 0 Å². The van der Waals surface area contributed by atoms with E-state index in [-0.39, 0.29) is 5.41 Å². The molecule has 0 unspecified atom stereocenters. The van der Waals surface area contributed by atoms with Crippen LogP contribution in [0.25, 0.3) is 66.4 Å². The van der Waals surface area contributed by atoms with Crippen LogP contribution in [0.15, 0.2) is 205 Å². The first-order valence-electron chi connectivity index (χ1n) is 21.0. The maximum Gasteiger partial charge on any atom is 0.160 e. The molecule has 0 fully saturated rings. The van der Waals surface area contributed by atoms with Crippen LogP contribution in [-0.4, -0.2) is 0 Å². The SMILES string of the molecule is CC1(C)c2ccccc2-c2ccc(N(c3ccc(-c4ccccc4)cc3)c3c4c(cc5c3oc3ccccc35)C3(c5ccccc5-c5ccccc53)c3ccccc3-4)cc21. The van der Waals surface area contributed by atoms with E-state index in [0.29, 0.717) is 0 Å². The quantitative estimate of drug-likeness (QED) is 0.177. The van der Waals surface area contributed by atoms with Gasteiger partial charge < -0.3 is 9.32 Å². The van der Waals surface area contributed by atoms with Crippen LogP contribution in [0.5, 0.6) is 0 Å². The van der Waals surface area contributed by atoms with Gasteiger partial charge in [-0.1, -0.05) is 178 Å². The van der Waals surface area contributed by atoms with Gasteiger partial charge in [0.25, 0.3) is 0 Å². The summed E-state index contributed by atoms with van der Waals surface area (Å²) in [6, 6.07) is 74.1. The normalized spacial score (nSPS) is 14.4. The molecule has 0 radical (unpaired) electrons. The van der Waals surface area contributed by atoms with Crippen LogP contribution in [0.4, 0.5) is 17.1 Å². The summed E-state index contributed by atoms with van der Waals surface area (Å²) < 4.78 is 7.17. The van der Waals surface area contributed by atoms with E-state index in [1.54, 1.807) is 0 Å². The molecular weight excluding hydrogens is 727 g/mol. The Bertz CT molecular complexity index is 3360. The van der Waals surface area contributed by atoms with Crippen molar-refractivity contribution in [3.05, 3.63) is 234 Å². The largest absolute Gasteiger partial charge is 0.454 e. The Kier molecular flexibility index (Phi) is 6.74. The summed E-state index contributed by atoms with van der Waals surface area (Å²) in [5.74, 6) is 0. The Morgan fingerprint density at radius 3 is 1.60 bits per heavy atom. The molecule has 1 heterocycles. The average Bonchev–Trinajstić information content (AvgIpc) is 3.99. The number of para-hydroxylation sites is 1. The van der Waals surface area contributed by atoms with Crippen LogP contribution >= 0.6 is 0 Å². The Morgan fingerprint density at radius 2 is 0.900 bits per heavy atom. The van der Waals surface area contributed by atoms with E-state index in [9.17, 15) is 0 Å². The number of furan rings is 1. The minimum absolute atomic E-state index is 0.175. The Labute approximate surface area is 349 Å². The van der Waals surface area contributed by atoms with Crippen LogP contribution < -0.4 is 4.90 Å². The summed E-state index contributed by atoms with van der Waals surface area (Å²) in [7, 11) is 0. The van der Waals surface area contributed by atoms with Crippen molar-refractivity contribution in [2.75, 3.05) is 4.90 Å². The van der Waals surface area contributed by atoms with Gasteiger partial charge in [0.05, 0.1) is 11.1 Å². The van der Waals surface area contributed by atoms with E-state index in [4.69, 9.17) is 4.42 Å². The highest BCUT2D eigenvalue weighted by Gasteiger charge is 2.53. The first-order chi connectivity index (χ1) is 29.5. The van der Waals surface area contributed by atoms with Gasteiger partial charge in [0.15, 0.2) is 5.58 Å². The molecule has 0 atom stereocenters. The number of anilines is 3. The van der Waals surface area contributed by atoms with Crippen LogP contribution in [0, 0.1) is 0 Å². The summed E-state index contributed by atoms with van der Waals surface area (Å²) in [5.41, 5.74) is 22.3. The van der Waals surface area contributed by atoms with Crippen LogP contribution in [0.1, 0.15) is 47.2 Å². The molecule has 3 aliphatic rings. The smallest absolute Gasteiger partial charge is 0.160 e. The molecule has 9 aromatic carbocycles. The molecular formula is C58H39NO. The lowest BCUT2D eigenvalue weighted by Crippen LogP contribution is -2.26. The number of hydrogen-bond donors (Lipinski definition) is 0. The van der Waals surface area contributed by atoms with Crippen molar-refractivity contribution in [3.8, 4) is 44.5 Å². The second-order valence-corrected chi connectivity index (χ2v) is 17.2. The molecule has 1 spiro atoms. The summed E-state index contributed by atoms with van der Waals surface area (Å²) in [6.45, 7) is 4.74. The van der Waals surface area contributed by atoms with Crippen molar-refractivity contribution in [1.82, 2.24) is 0 Å². The molecule has 0 saturated carbocycles. The number of hydrogen-bond acceptors (Lipinski definition) is 2. The molecule has 3 aliphatic carbocycles. The third kappa shape index (κ3) is 4.27. The maximum absolute atomic E-state index is 7.17. The van der Waals surface area contributed by atoms with Crippen molar-refractivity contribution in [2.24, 2.45) is 0 Å². The van der Waals surface area contributed by atoms with E-state index < -0.39 is 5.41 Å². The molecule has 0 amide bonds. The number of fused-ring (bicyclic) bond motifs is 16. The van der Waals surface area contributed by atoms with Gasteiger partial charge in [0.2, 0.25) is 0 Å². The van der Waals surface area contributed by atoms with E-state index in [0.717, 1.165) is 39.0 Å². The zero-order chi connectivity index (χ0) is 39.7. The second kappa shape index (κ2) is 12.1. The van der Waals surface area contributed by atoms with E-state index in [1.165, 1.54) is 77.9 Å². The standard InChI is InChI=1S/C58H39NO/c1-57(2)47-23-11-6-18-40(47)43-33-32-39(34-51(43)57)59(38-30-28-37(29-31-38)36-16-4-3-5-17-36)55-54-45-22-9-14-26-50(45)58(48-24-12-7-19-41(48)42-20-8-13-25-49(42)58)52(54)35-46-44-21-10-15-27-53(44)60-56(46)55/h3-35H,1-2H3.